The summed E-state index contributed by atoms with van der Waals surface area (Å²) >= 11 is 0. The van der Waals surface area contributed by atoms with Crippen molar-refractivity contribution in [1.82, 2.24) is 25.6 Å². The summed E-state index contributed by atoms with van der Waals surface area (Å²) < 4.78 is 34.1. The van der Waals surface area contributed by atoms with Gasteiger partial charge in [-0.1, -0.05) is 26.7 Å². The average molecular weight is 920 g/mol. The van der Waals surface area contributed by atoms with Gasteiger partial charge in [-0.15, -0.1) is 0 Å². The van der Waals surface area contributed by atoms with Crippen molar-refractivity contribution in [3.05, 3.63) is 23.8 Å². The van der Waals surface area contributed by atoms with Crippen LogP contribution in [0.1, 0.15) is 105 Å². The normalized spacial score (nSPS) is 14.1. The first-order valence-electron chi connectivity index (χ1n) is 23.3. The van der Waals surface area contributed by atoms with Crippen LogP contribution < -0.4 is 33.8 Å². The molecule has 0 aromatic carbocycles. The number of nitrogens with one attached hydrogen (secondary N) is 2. The third kappa shape index (κ3) is 38.2. The van der Waals surface area contributed by atoms with Crippen LogP contribution in [0.15, 0.2) is 23.8 Å². The van der Waals surface area contributed by atoms with Gasteiger partial charge in [0.05, 0.1) is 90.7 Å². The molecule has 0 fully saturated rings. The highest BCUT2D eigenvalue weighted by Crippen LogP contribution is 2.08. The zero-order valence-electron chi connectivity index (χ0n) is 40.0. The van der Waals surface area contributed by atoms with Gasteiger partial charge in [0.1, 0.15) is 17.9 Å². The lowest BCUT2D eigenvalue weighted by Gasteiger charge is -2.22. The Labute approximate surface area is 383 Å². The molecule has 0 aliphatic carbocycles. The van der Waals surface area contributed by atoms with Gasteiger partial charge < -0.3 is 70.8 Å². The van der Waals surface area contributed by atoms with E-state index in [1.54, 1.807) is 12.4 Å². The first-order valence-corrected chi connectivity index (χ1v) is 23.3. The van der Waals surface area contributed by atoms with Gasteiger partial charge in [0.25, 0.3) is 0 Å². The predicted octanol–water partition coefficient (Wildman–Crippen LogP) is 2.12. The Kier molecular flexibility index (Phi) is 39.3. The lowest BCUT2D eigenvalue weighted by atomic mass is 10.1. The highest BCUT2D eigenvalue weighted by Gasteiger charge is 2.20. The van der Waals surface area contributed by atoms with Gasteiger partial charge in [-0.25, -0.2) is 11.7 Å². The highest BCUT2D eigenvalue weighted by molar-refractivity contribution is 5.75. The summed E-state index contributed by atoms with van der Waals surface area (Å²) in [5.41, 5.74) is 13.1. The Bertz CT molecular complexity index is 1160. The molecule has 0 aromatic rings. The molecular formula is C44H89N9O11. The Morgan fingerprint density at radius 2 is 0.906 bits per heavy atom. The number of carbonyl (C=O) groups is 3. The number of ether oxygens (including phenoxy) is 6. The maximum absolute atomic E-state index is 11.6. The molecule has 0 bridgehead atoms. The van der Waals surface area contributed by atoms with Crippen molar-refractivity contribution in [3.63, 3.8) is 0 Å². The molecule has 20 nitrogen and oxygen atoms in total. The number of aliphatic carboxylic acids is 2. The van der Waals surface area contributed by atoms with Crippen LogP contribution in [0.5, 0.6) is 0 Å². The first kappa shape index (κ1) is 60.9. The van der Waals surface area contributed by atoms with E-state index in [2.05, 4.69) is 29.4 Å². The van der Waals surface area contributed by atoms with Gasteiger partial charge in [-0.2, -0.15) is 0 Å². The van der Waals surface area contributed by atoms with Crippen molar-refractivity contribution in [3.8, 4) is 0 Å². The van der Waals surface area contributed by atoms with Crippen LogP contribution in [-0.4, -0.2) is 179 Å². The summed E-state index contributed by atoms with van der Waals surface area (Å²) in [4.78, 5) is 36.5. The van der Waals surface area contributed by atoms with Crippen molar-refractivity contribution in [2.45, 2.75) is 129 Å². The largest absolute Gasteiger partial charge is 0.480 e. The van der Waals surface area contributed by atoms with Crippen LogP contribution in [0.2, 0.25) is 0 Å². The molecule has 0 aliphatic rings. The smallest absolute Gasteiger partial charge is 0.320 e. The van der Waals surface area contributed by atoms with Crippen molar-refractivity contribution in [2.24, 2.45) is 23.2 Å². The minimum Gasteiger partial charge on any atom is -0.480 e. The molecular weight excluding hydrogens is 831 g/mol. The van der Waals surface area contributed by atoms with E-state index in [4.69, 9.17) is 51.6 Å². The van der Waals surface area contributed by atoms with E-state index in [0.29, 0.717) is 142 Å². The number of unbranched alkanes of at least 4 members (excludes halogenated alkanes) is 2. The topological polar surface area (TPSA) is 285 Å². The molecule has 0 saturated heterocycles. The van der Waals surface area contributed by atoms with Crippen molar-refractivity contribution in [1.29, 1.82) is 0 Å². The molecule has 0 aliphatic heterocycles. The molecule has 0 heterocycles. The maximum Gasteiger partial charge on any atom is 0.320 e. The lowest BCUT2D eigenvalue weighted by molar-refractivity contribution is -0.140. The summed E-state index contributed by atoms with van der Waals surface area (Å²) in [5.74, 6) is 10.6. The molecule has 4 atom stereocenters. The van der Waals surface area contributed by atoms with Crippen molar-refractivity contribution >= 4 is 17.7 Å². The van der Waals surface area contributed by atoms with Crippen LogP contribution in [0, 0.1) is 0 Å². The number of hydrogen-bond donors (Lipinski definition) is 8. The van der Waals surface area contributed by atoms with Gasteiger partial charge in [0.15, 0.2) is 0 Å². The number of carbonyl (C=O) groups excluding carboxylic acids is 1. The van der Waals surface area contributed by atoms with Gasteiger partial charge >= 0.3 is 11.9 Å². The summed E-state index contributed by atoms with van der Waals surface area (Å²) in [6, 6.07) is -0.833. The van der Waals surface area contributed by atoms with Crippen molar-refractivity contribution < 1.29 is 53.0 Å². The second-order valence-corrected chi connectivity index (χ2v) is 16.2. The second kappa shape index (κ2) is 41.3. The number of Topliss-reactive ketones (excluding diaryl/α,β-unsaturated/α-hetero) is 1. The summed E-state index contributed by atoms with van der Waals surface area (Å²) in [6.07, 6.45) is 11.5. The van der Waals surface area contributed by atoms with Gasteiger partial charge in [0, 0.05) is 63.6 Å². The van der Waals surface area contributed by atoms with Crippen LogP contribution in [0.25, 0.3) is 0 Å². The molecule has 2 unspecified atom stereocenters. The zero-order chi connectivity index (χ0) is 47.8. The van der Waals surface area contributed by atoms with Gasteiger partial charge in [-0.3, -0.25) is 19.3 Å². The summed E-state index contributed by atoms with van der Waals surface area (Å²) in [6.45, 7) is 17.3. The number of ketones is 1. The SMILES string of the molecule is CCCC(C)N[C@@H](CCCCN(N)/C=C(\N)COCCOCCN(CCOCCOCCC(C)=O)CCOCCOC/C(N)=C/N(N)CCCC[C@H](NC(C)CCC)C(=O)O)C(=O)O. The lowest BCUT2D eigenvalue weighted by Crippen LogP contribution is -2.42. The molecule has 12 N–H and O–H groups in total. The minimum absolute atomic E-state index is 0.0921. The van der Waals surface area contributed by atoms with Gasteiger partial charge in [-0.05, 0) is 72.1 Å². The fraction of sp³-hybridized carbons (Fsp3) is 0.841. The third-order valence-corrected chi connectivity index (χ3v) is 9.90. The Hall–Kier alpha value is -3.15. The van der Waals surface area contributed by atoms with Crippen LogP contribution in [0.3, 0.4) is 0 Å². The minimum atomic E-state index is -0.834. The van der Waals surface area contributed by atoms with E-state index >= 15 is 0 Å². The third-order valence-electron chi connectivity index (χ3n) is 9.90. The number of hydrogen-bond acceptors (Lipinski definition) is 18. The molecule has 64 heavy (non-hydrogen) atoms. The summed E-state index contributed by atoms with van der Waals surface area (Å²) in [7, 11) is 0. The number of carboxylic acids is 2. The van der Waals surface area contributed by atoms with E-state index in [1.807, 2.05) is 13.8 Å². The predicted molar refractivity (Wildman–Crippen MR) is 249 cm³/mol. The van der Waals surface area contributed by atoms with Crippen LogP contribution in [0.4, 0.5) is 0 Å². The molecule has 0 aromatic heterocycles. The first-order chi connectivity index (χ1) is 30.7. The molecule has 376 valence electrons. The zero-order valence-corrected chi connectivity index (χ0v) is 40.0. The fourth-order valence-corrected chi connectivity index (χ4v) is 6.47. The number of nitrogens with zero attached hydrogens (tertiary/aromatic N) is 3. The Balaban J connectivity index is 4.49. The van der Waals surface area contributed by atoms with Crippen LogP contribution in [-0.2, 0) is 42.8 Å². The monoisotopic (exact) mass is 920 g/mol. The Morgan fingerprint density at radius 1 is 0.547 bits per heavy atom. The molecule has 0 rings (SSSR count). The molecule has 0 amide bonds. The molecule has 0 spiro atoms. The second-order valence-electron chi connectivity index (χ2n) is 16.2. The molecule has 0 radical (unpaired) electrons. The van der Waals surface area contributed by atoms with E-state index in [-0.39, 0.29) is 31.1 Å². The number of rotatable bonds is 47. The van der Waals surface area contributed by atoms with Crippen LogP contribution >= 0.6 is 0 Å². The molecule has 20 heteroatoms. The van der Waals surface area contributed by atoms with E-state index in [0.717, 1.165) is 38.5 Å². The fourth-order valence-electron chi connectivity index (χ4n) is 6.47. The standard InChI is InChI=1S/C44H89N9O11/c1-6-12-36(3)49-41(43(55)56)14-8-10-17-52(47)32-39(45)34-63-30-28-61-24-20-51(19-23-60-27-26-59-22-16-38(5)54)21-25-62-29-31-64-35-40(46)33-53(48)18-11-9-15-42(44(57)58)50-37(4)13-7-2/h32-33,36-37,41-42,49-50H,6-31,34-35,45-48H2,1-5H3,(H,55,56)(H,57,58)/b39-32-,40-33-/t36?,37?,41-,42-/m0/s1. The maximum atomic E-state index is 11.6. The quantitative estimate of drug-likeness (QED) is 0.0247. The Morgan fingerprint density at radius 3 is 1.25 bits per heavy atom. The highest BCUT2D eigenvalue weighted by atomic mass is 16.5. The number of carboxylic acid groups (broad SMARTS) is 2. The van der Waals surface area contributed by atoms with E-state index in [1.165, 1.54) is 16.9 Å². The van der Waals surface area contributed by atoms with E-state index < -0.39 is 24.0 Å². The summed E-state index contributed by atoms with van der Waals surface area (Å²) in [5, 5.41) is 28.4. The average Bonchev–Trinajstić information content (AvgIpc) is 3.22. The number of nitrogens with two attached hydrogens (primary N) is 4. The number of hydrazine groups is 2. The van der Waals surface area contributed by atoms with Gasteiger partial charge in [0.2, 0.25) is 0 Å². The van der Waals surface area contributed by atoms with Crippen molar-refractivity contribution in [2.75, 3.05) is 112 Å². The van der Waals surface area contributed by atoms with E-state index in [9.17, 15) is 24.6 Å². The molecule has 0 saturated carbocycles.